The summed E-state index contributed by atoms with van der Waals surface area (Å²) in [4.78, 5) is 0. The molecule has 2 aromatic rings. The lowest BCUT2D eigenvalue weighted by Gasteiger charge is -2.17. The predicted molar refractivity (Wildman–Crippen MR) is 83.6 cm³/mol. The molecule has 18 heavy (non-hydrogen) atoms. The molecular formula is C15H20N2Si. The van der Waals surface area contributed by atoms with E-state index in [-0.39, 0.29) is 0 Å². The van der Waals surface area contributed by atoms with E-state index < -0.39 is 8.07 Å². The zero-order chi connectivity index (χ0) is 13.2. The molecule has 0 aliphatic rings. The van der Waals surface area contributed by atoms with E-state index >= 15 is 0 Å². The van der Waals surface area contributed by atoms with Crippen molar-refractivity contribution in [1.82, 2.24) is 0 Å². The molecule has 0 aromatic heterocycles. The Balaban J connectivity index is 2.16. The third kappa shape index (κ3) is 3.14. The van der Waals surface area contributed by atoms with Gasteiger partial charge in [-0.25, -0.2) is 0 Å². The molecule has 0 amide bonds. The van der Waals surface area contributed by atoms with Crippen LogP contribution in [0.25, 0.3) is 0 Å². The summed E-state index contributed by atoms with van der Waals surface area (Å²) in [6.07, 6.45) is 0. The second-order valence-electron chi connectivity index (χ2n) is 5.58. The highest BCUT2D eigenvalue weighted by molar-refractivity contribution is 6.88. The van der Waals surface area contributed by atoms with E-state index in [9.17, 15) is 0 Å². The van der Waals surface area contributed by atoms with Crippen LogP contribution in [0.5, 0.6) is 0 Å². The van der Waals surface area contributed by atoms with E-state index in [1.807, 2.05) is 24.3 Å². The lowest BCUT2D eigenvalue weighted by atomic mass is 10.2. The third-order valence-electron chi connectivity index (χ3n) is 2.93. The average Bonchev–Trinajstić information content (AvgIpc) is 2.28. The Kier molecular flexibility index (Phi) is 3.43. The van der Waals surface area contributed by atoms with Gasteiger partial charge in [0.2, 0.25) is 0 Å². The standard InChI is InChI=1S/C15H20N2Si/c1-18(2,3)15-9-7-13(8-10-15)17-14-6-4-5-12(16)11-14/h4-11,17H,16H2,1-3H3. The molecule has 0 aliphatic carbocycles. The lowest BCUT2D eigenvalue weighted by molar-refractivity contribution is 1.55. The first-order valence-electron chi connectivity index (χ1n) is 6.18. The summed E-state index contributed by atoms with van der Waals surface area (Å²) < 4.78 is 0. The summed E-state index contributed by atoms with van der Waals surface area (Å²) in [5, 5.41) is 4.83. The number of benzene rings is 2. The van der Waals surface area contributed by atoms with Crippen LogP contribution in [0.15, 0.2) is 48.5 Å². The minimum absolute atomic E-state index is 0.777. The van der Waals surface area contributed by atoms with Crippen LogP contribution in [0, 0.1) is 0 Å². The molecule has 0 saturated carbocycles. The highest BCUT2D eigenvalue weighted by Gasteiger charge is 2.15. The van der Waals surface area contributed by atoms with Crippen molar-refractivity contribution in [2.45, 2.75) is 19.6 Å². The average molecular weight is 256 g/mol. The molecule has 0 fully saturated rings. The number of hydrogen-bond donors (Lipinski definition) is 2. The zero-order valence-electron chi connectivity index (χ0n) is 11.2. The fourth-order valence-electron chi connectivity index (χ4n) is 1.84. The monoisotopic (exact) mass is 256 g/mol. The van der Waals surface area contributed by atoms with Crippen molar-refractivity contribution in [2.75, 3.05) is 11.1 Å². The van der Waals surface area contributed by atoms with E-state index in [0.29, 0.717) is 0 Å². The lowest BCUT2D eigenvalue weighted by Crippen LogP contribution is -2.37. The number of nitrogen functional groups attached to an aromatic ring is 1. The molecule has 0 unspecified atom stereocenters. The largest absolute Gasteiger partial charge is 0.399 e. The molecule has 3 heteroatoms. The molecular weight excluding hydrogens is 236 g/mol. The number of nitrogens with one attached hydrogen (secondary N) is 1. The molecule has 0 atom stereocenters. The van der Waals surface area contributed by atoms with Crippen LogP contribution in [0.4, 0.5) is 17.1 Å². The Morgan fingerprint density at radius 3 is 2.11 bits per heavy atom. The maximum Gasteiger partial charge on any atom is 0.0775 e. The molecule has 0 aliphatic heterocycles. The molecule has 0 heterocycles. The smallest absolute Gasteiger partial charge is 0.0775 e. The Morgan fingerprint density at radius 2 is 1.56 bits per heavy atom. The van der Waals surface area contributed by atoms with Crippen molar-refractivity contribution < 1.29 is 0 Å². The van der Waals surface area contributed by atoms with Gasteiger partial charge in [-0.15, -0.1) is 0 Å². The first kappa shape index (κ1) is 12.7. The van der Waals surface area contributed by atoms with Crippen molar-refractivity contribution in [1.29, 1.82) is 0 Å². The van der Waals surface area contributed by atoms with Crippen LogP contribution < -0.4 is 16.2 Å². The Hall–Kier alpha value is -1.74. The van der Waals surface area contributed by atoms with Gasteiger partial charge in [-0.3, -0.25) is 0 Å². The molecule has 94 valence electrons. The first-order chi connectivity index (χ1) is 8.45. The van der Waals surface area contributed by atoms with E-state index in [4.69, 9.17) is 5.73 Å². The normalized spacial score (nSPS) is 11.3. The Bertz CT molecular complexity index is 527. The predicted octanol–water partition coefficient (Wildman–Crippen LogP) is 3.56. The van der Waals surface area contributed by atoms with Gasteiger partial charge in [-0.05, 0) is 30.3 Å². The molecule has 2 rings (SSSR count). The fourth-order valence-corrected chi connectivity index (χ4v) is 3.00. The van der Waals surface area contributed by atoms with Gasteiger partial charge in [0.1, 0.15) is 0 Å². The summed E-state index contributed by atoms with van der Waals surface area (Å²) in [6.45, 7) is 7.06. The third-order valence-corrected chi connectivity index (χ3v) is 4.99. The second-order valence-corrected chi connectivity index (χ2v) is 10.7. The summed E-state index contributed by atoms with van der Waals surface area (Å²) in [7, 11) is -1.21. The van der Waals surface area contributed by atoms with Crippen LogP contribution in [-0.4, -0.2) is 8.07 Å². The second kappa shape index (κ2) is 4.86. The molecule has 2 aromatic carbocycles. The Labute approximate surface area is 110 Å². The van der Waals surface area contributed by atoms with E-state index in [1.54, 1.807) is 0 Å². The van der Waals surface area contributed by atoms with Gasteiger partial charge >= 0.3 is 0 Å². The molecule has 2 nitrogen and oxygen atoms in total. The van der Waals surface area contributed by atoms with Gasteiger partial charge in [0.15, 0.2) is 0 Å². The SMILES string of the molecule is C[Si](C)(C)c1ccc(Nc2cccc(N)c2)cc1. The quantitative estimate of drug-likeness (QED) is 0.651. The highest BCUT2D eigenvalue weighted by Crippen LogP contribution is 2.18. The summed E-state index contributed by atoms with van der Waals surface area (Å²) in [5.41, 5.74) is 8.66. The number of rotatable bonds is 3. The first-order valence-corrected chi connectivity index (χ1v) is 9.68. The zero-order valence-corrected chi connectivity index (χ0v) is 12.2. The van der Waals surface area contributed by atoms with E-state index in [0.717, 1.165) is 17.1 Å². The van der Waals surface area contributed by atoms with Crippen molar-refractivity contribution in [2.24, 2.45) is 0 Å². The Morgan fingerprint density at radius 1 is 0.889 bits per heavy atom. The van der Waals surface area contributed by atoms with Gasteiger partial charge in [0.05, 0.1) is 8.07 Å². The van der Waals surface area contributed by atoms with E-state index in [1.165, 1.54) is 5.19 Å². The number of anilines is 3. The summed E-state index contributed by atoms with van der Waals surface area (Å²) in [5.74, 6) is 0. The van der Waals surface area contributed by atoms with Crippen molar-refractivity contribution in [3.8, 4) is 0 Å². The molecule has 0 saturated heterocycles. The number of hydrogen-bond acceptors (Lipinski definition) is 2. The van der Waals surface area contributed by atoms with E-state index in [2.05, 4.69) is 49.2 Å². The minimum Gasteiger partial charge on any atom is -0.399 e. The van der Waals surface area contributed by atoms with Crippen LogP contribution in [0.3, 0.4) is 0 Å². The van der Waals surface area contributed by atoms with Crippen LogP contribution in [0.2, 0.25) is 19.6 Å². The maximum atomic E-state index is 5.76. The van der Waals surface area contributed by atoms with Crippen LogP contribution in [-0.2, 0) is 0 Å². The summed E-state index contributed by atoms with van der Waals surface area (Å²) in [6, 6.07) is 16.5. The molecule has 0 bridgehead atoms. The van der Waals surface area contributed by atoms with Crippen LogP contribution >= 0.6 is 0 Å². The highest BCUT2D eigenvalue weighted by atomic mass is 28.3. The van der Waals surface area contributed by atoms with Crippen molar-refractivity contribution in [3.05, 3.63) is 48.5 Å². The molecule has 0 spiro atoms. The van der Waals surface area contributed by atoms with Gasteiger partial charge < -0.3 is 11.1 Å². The molecule has 3 N–H and O–H groups in total. The van der Waals surface area contributed by atoms with Gasteiger partial charge in [0.25, 0.3) is 0 Å². The van der Waals surface area contributed by atoms with Crippen molar-refractivity contribution >= 4 is 30.3 Å². The van der Waals surface area contributed by atoms with Crippen molar-refractivity contribution in [3.63, 3.8) is 0 Å². The minimum atomic E-state index is -1.21. The topological polar surface area (TPSA) is 38.0 Å². The summed E-state index contributed by atoms with van der Waals surface area (Å²) >= 11 is 0. The maximum absolute atomic E-state index is 5.76. The van der Waals surface area contributed by atoms with Gasteiger partial charge in [0, 0.05) is 17.1 Å². The van der Waals surface area contributed by atoms with Gasteiger partial charge in [-0.2, -0.15) is 0 Å². The van der Waals surface area contributed by atoms with Gasteiger partial charge in [-0.1, -0.05) is 43.0 Å². The fraction of sp³-hybridized carbons (Fsp3) is 0.200. The molecule has 0 radical (unpaired) electrons. The number of nitrogens with two attached hydrogens (primary N) is 1. The van der Waals surface area contributed by atoms with Crippen LogP contribution in [0.1, 0.15) is 0 Å².